The van der Waals surface area contributed by atoms with Crippen LogP contribution in [0.25, 0.3) is 22.5 Å². The predicted molar refractivity (Wildman–Crippen MR) is 84.1 cm³/mol. The summed E-state index contributed by atoms with van der Waals surface area (Å²) in [6.07, 6.45) is -4.40. The molecule has 3 rings (SSSR count). The van der Waals surface area contributed by atoms with E-state index in [0.29, 0.717) is 22.0 Å². The van der Waals surface area contributed by atoms with Crippen molar-refractivity contribution in [3.05, 3.63) is 65.2 Å². The molecule has 2 aromatic carbocycles. The zero-order valence-corrected chi connectivity index (χ0v) is 12.9. The fourth-order valence-electron chi connectivity index (χ4n) is 2.43. The van der Waals surface area contributed by atoms with Crippen LogP contribution in [0.4, 0.5) is 13.2 Å². The molecule has 1 heterocycles. The van der Waals surface area contributed by atoms with Gasteiger partial charge in [0.05, 0.1) is 16.3 Å². The molecular formula is C17H12ClF3N2. The Kier molecular flexibility index (Phi) is 3.90. The molecule has 3 aromatic rings. The van der Waals surface area contributed by atoms with Crippen LogP contribution in [0.3, 0.4) is 0 Å². The summed E-state index contributed by atoms with van der Waals surface area (Å²) < 4.78 is 40.2. The highest BCUT2D eigenvalue weighted by Gasteiger charge is 2.31. The van der Waals surface area contributed by atoms with Crippen LogP contribution in [0.2, 0.25) is 5.02 Å². The molecule has 2 nitrogen and oxygen atoms in total. The standard InChI is InChI=1S/C17H12ClF3N2/c1-23-16(12-8-5-9-13(10-12)17(19,20)21)14(18)15(22-23)11-6-3-2-4-7-11/h2-10H,1H3. The van der Waals surface area contributed by atoms with Gasteiger partial charge in [-0.25, -0.2) is 0 Å². The quantitative estimate of drug-likeness (QED) is 0.610. The molecule has 0 saturated carbocycles. The van der Waals surface area contributed by atoms with E-state index in [1.807, 2.05) is 30.3 Å². The van der Waals surface area contributed by atoms with E-state index in [0.717, 1.165) is 17.7 Å². The number of hydrogen-bond donors (Lipinski definition) is 0. The number of nitrogens with zero attached hydrogens (tertiary/aromatic N) is 2. The third-order valence-electron chi connectivity index (χ3n) is 3.50. The smallest absolute Gasteiger partial charge is 0.266 e. The lowest BCUT2D eigenvalue weighted by molar-refractivity contribution is -0.137. The lowest BCUT2D eigenvalue weighted by Gasteiger charge is -2.09. The topological polar surface area (TPSA) is 17.8 Å². The first-order chi connectivity index (χ1) is 10.9. The lowest BCUT2D eigenvalue weighted by Crippen LogP contribution is -2.05. The third-order valence-corrected chi connectivity index (χ3v) is 3.86. The van der Waals surface area contributed by atoms with Crippen molar-refractivity contribution >= 4 is 11.6 Å². The second-order valence-electron chi connectivity index (χ2n) is 5.08. The first kappa shape index (κ1) is 15.6. The molecule has 0 aliphatic carbocycles. The van der Waals surface area contributed by atoms with E-state index in [1.54, 1.807) is 13.1 Å². The van der Waals surface area contributed by atoms with E-state index >= 15 is 0 Å². The van der Waals surface area contributed by atoms with E-state index < -0.39 is 11.7 Å². The molecule has 0 atom stereocenters. The average molecular weight is 337 g/mol. The number of alkyl halides is 3. The highest BCUT2D eigenvalue weighted by molar-refractivity contribution is 6.35. The summed E-state index contributed by atoms with van der Waals surface area (Å²) in [6, 6.07) is 14.3. The maximum Gasteiger partial charge on any atom is 0.416 e. The first-order valence-corrected chi connectivity index (χ1v) is 7.21. The van der Waals surface area contributed by atoms with Crippen molar-refractivity contribution in [3.63, 3.8) is 0 Å². The van der Waals surface area contributed by atoms with Crippen LogP contribution in [-0.2, 0) is 13.2 Å². The summed E-state index contributed by atoms with van der Waals surface area (Å²) in [5.41, 5.74) is 1.47. The van der Waals surface area contributed by atoms with E-state index in [9.17, 15) is 13.2 Å². The summed E-state index contributed by atoms with van der Waals surface area (Å²) in [4.78, 5) is 0. The molecular weight excluding hydrogens is 325 g/mol. The number of aromatic nitrogens is 2. The van der Waals surface area contributed by atoms with Gasteiger partial charge < -0.3 is 0 Å². The number of benzene rings is 2. The van der Waals surface area contributed by atoms with Gasteiger partial charge in [-0.15, -0.1) is 0 Å². The molecule has 0 spiro atoms. The molecule has 0 aliphatic rings. The Morgan fingerprint density at radius 3 is 2.26 bits per heavy atom. The van der Waals surface area contributed by atoms with E-state index in [1.165, 1.54) is 10.7 Å². The van der Waals surface area contributed by atoms with Gasteiger partial charge in [0.2, 0.25) is 0 Å². The Bertz CT molecular complexity index is 839. The summed E-state index contributed by atoms with van der Waals surface area (Å²) in [5, 5.41) is 4.68. The highest BCUT2D eigenvalue weighted by atomic mass is 35.5. The summed E-state index contributed by atoms with van der Waals surface area (Å²) in [7, 11) is 1.66. The van der Waals surface area contributed by atoms with Crippen molar-refractivity contribution in [3.8, 4) is 22.5 Å². The Hall–Kier alpha value is -2.27. The van der Waals surface area contributed by atoms with E-state index in [-0.39, 0.29) is 0 Å². The normalized spacial score (nSPS) is 11.7. The van der Waals surface area contributed by atoms with Crippen molar-refractivity contribution in [1.29, 1.82) is 0 Å². The molecule has 23 heavy (non-hydrogen) atoms. The van der Waals surface area contributed by atoms with Crippen LogP contribution >= 0.6 is 11.6 Å². The van der Waals surface area contributed by atoms with Crippen molar-refractivity contribution < 1.29 is 13.2 Å². The van der Waals surface area contributed by atoms with Gasteiger partial charge in [0.1, 0.15) is 5.69 Å². The molecule has 6 heteroatoms. The molecule has 0 bridgehead atoms. The fourth-order valence-corrected chi connectivity index (χ4v) is 2.81. The Morgan fingerprint density at radius 2 is 1.61 bits per heavy atom. The van der Waals surface area contributed by atoms with Crippen LogP contribution in [-0.4, -0.2) is 9.78 Å². The van der Waals surface area contributed by atoms with Gasteiger partial charge in [0, 0.05) is 18.2 Å². The number of hydrogen-bond acceptors (Lipinski definition) is 1. The zero-order chi connectivity index (χ0) is 16.6. The minimum atomic E-state index is -4.40. The van der Waals surface area contributed by atoms with Crippen LogP contribution in [0.15, 0.2) is 54.6 Å². The SMILES string of the molecule is Cn1nc(-c2ccccc2)c(Cl)c1-c1cccc(C(F)(F)F)c1. The maximum atomic E-state index is 12.9. The molecule has 0 unspecified atom stereocenters. The Labute approximate surface area is 136 Å². The average Bonchev–Trinajstić information content (AvgIpc) is 2.82. The van der Waals surface area contributed by atoms with Gasteiger partial charge in [-0.2, -0.15) is 18.3 Å². The van der Waals surface area contributed by atoms with Crippen LogP contribution in [0.5, 0.6) is 0 Å². The number of rotatable bonds is 2. The molecule has 0 fully saturated rings. The zero-order valence-electron chi connectivity index (χ0n) is 12.1. The second kappa shape index (κ2) is 5.74. The van der Waals surface area contributed by atoms with Crippen molar-refractivity contribution in [1.82, 2.24) is 9.78 Å². The van der Waals surface area contributed by atoms with E-state index in [2.05, 4.69) is 5.10 Å². The van der Waals surface area contributed by atoms with Gasteiger partial charge in [-0.3, -0.25) is 4.68 Å². The van der Waals surface area contributed by atoms with Gasteiger partial charge in [0.25, 0.3) is 0 Å². The number of aryl methyl sites for hydroxylation is 1. The van der Waals surface area contributed by atoms with Gasteiger partial charge in [-0.05, 0) is 12.1 Å². The molecule has 0 N–H and O–H groups in total. The molecule has 0 amide bonds. The molecule has 1 aromatic heterocycles. The van der Waals surface area contributed by atoms with E-state index in [4.69, 9.17) is 11.6 Å². The van der Waals surface area contributed by atoms with Crippen molar-refractivity contribution in [2.75, 3.05) is 0 Å². The van der Waals surface area contributed by atoms with Crippen LogP contribution in [0.1, 0.15) is 5.56 Å². The van der Waals surface area contributed by atoms with Gasteiger partial charge in [0.15, 0.2) is 0 Å². The number of halogens is 4. The third kappa shape index (κ3) is 2.97. The first-order valence-electron chi connectivity index (χ1n) is 6.83. The largest absolute Gasteiger partial charge is 0.416 e. The summed E-state index contributed by atoms with van der Waals surface area (Å²) in [6.45, 7) is 0. The molecule has 0 aliphatic heterocycles. The van der Waals surface area contributed by atoms with Crippen molar-refractivity contribution in [2.45, 2.75) is 6.18 Å². The van der Waals surface area contributed by atoms with Crippen molar-refractivity contribution in [2.24, 2.45) is 7.05 Å². The molecule has 118 valence electrons. The second-order valence-corrected chi connectivity index (χ2v) is 5.46. The van der Waals surface area contributed by atoms with Gasteiger partial charge in [-0.1, -0.05) is 54.1 Å². The fraction of sp³-hybridized carbons (Fsp3) is 0.118. The highest BCUT2D eigenvalue weighted by Crippen LogP contribution is 2.38. The molecule has 0 saturated heterocycles. The van der Waals surface area contributed by atoms with Crippen LogP contribution < -0.4 is 0 Å². The van der Waals surface area contributed by atoms with Crippen LogP contribution in [0, 0.1) is 0 Å². The predicted octanol–water partition coefficient (Wildman–Crippen LogP) is 5.43. The molecule has 0 radical (unpaired) electrons. The lowest BCUT2D eigenvalue weighted by atomic mass is 10.1. The maximum absolute atomic E-state index is 12.9. The minimum absolute atomic E-state index is 0.332. The minimum Gasteiger partial charge on any atom is -0.266 e. The monoisotopic (exact) mass is 336 g/mol. The summed E-state index contributed by atoms with van der Waals surface area (Å²) in [5.74, 6) is 0. The Balaban J connectivity index is 2.14. The Morgan fingerprint density at radius 1 is 0.957 bits per heavy atom. The summed E-state index contributed by atoms with van der Waals surface area (Å²) >= 11 is 6.40. The van der Waals surface area contributed by atoms with Gasteiger partial charge >= 0.3 is 6.18 Å².